The number of hydrogen-bond acceptors (Lipinski definition) is 4. The van der Waals surface area contributed by atoms with Gasteiger partial charge in [-0.25, -0.2) is 8.42 Å². The van der Waals surface area contributed by atoms with Crippen molar-refractivity contribution in [1.82, 2.24) is 0 Å². The monoisotopic (exact) mass is 358 g/mol. The van der Waals surface area contributed by atoms with Crippen LogP contribution in [0.25, 0.3) is 0 Å². The summed E-state index contributed by atoms with van der Waals surface area (Å²) in [6.07, 6.45) is 11.8. The third kappa shape index (κ3) is 16.1. The molecule has 0 heterocycles. The van der Waals surface area contributed by atoms with Crippen LogP contribution in [0.1, 0.15) is 97.3 Å². The second-order valence-electron chi connectivity index (χ2n) is 6.40. The summed E-state index contributed by atoms with van der Waals surface area (Å²) in [5.41, 5.74) is 0. The van der Waals surface area contributed by atoms with E-state index in [-0.39, 0.29) is 35.7 Å². The molecule has 0 saturated carbocycles. The number of aliphatic hydroxyl groups excluding tert-OH is 1. The van der Waals surface area contributed by atoms with Crippen LogP contribution < -0.4 is 29.6 Å². The molecule has 6 heteroatoms. The van der Waals surface area contributed by atoms with Gasteiger partial charge in [-0.05, 0) is 25.7 Å². The molecule has 0 saturated heterocycles. The summed E-state index contributed by atoms with van der Waals surface area (Å²) in [5, 5.41) is 9.10. The van der Waals surface area contributed by atoms with Crippen molar-refractivity contribution in [2.75, 3.05) is 0 Å². The van der Waals surface area contributed by atoms with E-state index in [9.17, 15) is 18.1 Å². The van der Waals surface area contributed by atoms with Gasteiger partial charge in [0.05, 0.1) is 16.2 Å². The van der Waals surface area contributed by atoms with E-state index in [1.54, 1.807) is 0 Å². The predicted molar refractivity (Wildman–Crippen MR) is 90.9 cm³/mol. The van der Waals surface area contributed by atoms with Crippen LogP contribution in [0.4, 0.5) is 0 Å². The first-order valence-corrected chi connectivity index (χ1v) is 10.5. The fourth-order valence-corrected chi connectivity index (χ4v) is 3.79. The minimum absolute atomic E-state index is 0. The van der Waals surface area contributed by atoms with Crippen molar-refractivity contribution in [2.24, 2.45) is 0 Å². The molecule has 0 spiro atoms. The van der Waals surface area contributed by atoms with E-state index in [1.165, 1.54) is 12.8 Å². The number of unbranched alkanes of at least 4 members (excludes halogenated alkanes) is 6. The first kappa shape index (κ1) is 26.1. The van der Waals surface area contributed by atoms with Crippen LogP contribution in [0, 0.1) is 0 Å². The SMILES string of the molecule is CCCCCC(O)CCCCCCCC(CCC)S(=O)(=O)[O-].[Na+]. The molecule has 0 rings (SSSR count). The molecule has 0 aliphatic carbocycles. The zero-order chi connectivity index (χ0) is 16.8. The van der Waals surface area contributed by atoms with Crippen LogP contribution in [-0.4, -0.2) is 29.4 Å². The maximum absolute atomic E-state index is 11.1. The topological polar surface area (TPSA) is 77.4 Å². The van der Waals surface area contributed by atoms with Gasteiger partial charge in [0, 0.05) is 5.25 Å². The molecule has 0 aromatic rings. The second kappa shape index (κ2) is 16.3. The summed E-state index contributed by atoms with van der Waals surface area (Å²) in [5.74, 6) is 0. The van der Waals surface area contributed by atoms with Crippen molar-refractivity contribution < 1.29 is 47.6 Å². The van der Waals surface area contributed by atoms with E-state index < -0.39 is 15.4 Å². The molecule has 0 amide bonds. The van der Waals surface area contributed by atoms with Gasteiger partial charge in [0.15, 0.2) is 0 Å². The smallest absolute Gasteiger partial charge is 0.748 e. The second-order valence-corrected chi connectivity index (χ2v) is 8.05. The standard InChI is InChI=1S/C17H36O4S.Na/c1-3-5-9-13-16(18)14-10-7-6-8-11-15-17(12-4-2)22(19,20)21;/h16-18H,3-15H2,1-2H3,(H,19,20,21);/q;+1/p-1. The number of rotatable bonds is 15. The fraction of sp³-hybridized carbons (Fsp3) is 1.00. The normalized spacial score (nSPS) is 14.3. The Hall–Kier alpha value is 0.870. The van der Waals surface area contributed by atoms with Crippen molar-refractivity contribution >= 4 is 10.1 Å². The molecule has 0 fully saturated rings. The molecular weight excluding hydrogens is 323 g/mol. The largest absolute Gasteiger partial charge is 1.00 e. The maximum Gasteiger partial charge on any atom is 1.00 e. The van der Waals surface area contributed by atoms with E-state index in [2.05, 4.69) is 6.92 Å². The van der Waals surface area contributed by atoms with E-state index in [0.717, 1.165) is 57.8 Å². The first-order valence-electron chi connectivity index (χ1n) is 9.04. The molecule has 1 N–H and O–H groups in total. The van der Waals surface area contributed by atoms with Crippen molar-refractivity contribution in [1.29, 1.82) is 0 Å². The Bertz CT molecular complexity index is 347. The molecular formula is C17H35NaO4S. The van der Waals surface area contributed by atoms with Gasteiger partial charge in [-0.15, -0.1) is 0 Å². The van der Waals surface area contributed by atoms with Crippen LogP contribution in [0.3, 0.4) is 0 Å². The van der Waals surface area contributed by atoms with Gasteiger partial charge in [0.25, 0.3) is 0 Å². The average Bonchev–Trinajstić information content (AvgIpc) is 2.44. The van der Waals surface area contributed by atoms with Gasteiger partial charge in [-0.3, -0.25) is 0 Å². The summed E-state index contributed by atoms with van der Waals surface area (Å²) in [6.45, 7) is 4.07. The van der Waals surface area contributed by atoms with Gasteiger partial charge >= 0.3 is 29.6 Å². The molecule has 2 unspecified atom stereocenters. The first-order chi connectivity index (χ1) is 10.4. The zero-order valence-corrected chi connectivity index (χ0v) is 18.2. The number of hydrogen-bond donors (Lipinski definition) is 1. The molecule has 134 valence electrons. The molecule has 4 nitrogen and oxygen atoms in total. The zero-order valence-electron chi connectivity index (χ0n) is 15.4. The Balaban J connectivity index is 0. The van der Waals surface area contributed by atoms with Crippen LogP contribution in [0.2, 0.25) is 0 Å². The van der Waals surface area contributed by atoms with Crippen molar-refractivity contribution in [3.8, 4) is 0 Å². The van der Waals surface area contributed by atoms with E-state index in [4.69, 9.17) is 0 Å². The molecule has 0 aromatic heterocycles. The van der Waals surface area contributed by atoms with Gasteiger partial charge < -0.3 is 9.66 Å². The molecule has 23 heavy (non-hydrogen) atoms. The quantitative estimate of drug-likeness (QED) is 0.272. The third-order valence-electron chi connectivity index (χ3n) is 4.22. The molecule has 0 radical (unpaired) electrons. The van der Waals surface area contributed by atoms with Gasteiger partial charge in [-0.2, -0.15) is 0 Å². The minimum Gasteiger partial charge on any atom is -0.748 e. The van der Waals surface area contributed by atoms with Crippen LogP contribution in [0.15, 0.2) is 0 Å². The Morgan fingerprint density at radius 3 is 1.74 bits per heavy atom. The summed E-state index contributed by atoms with van der Waals surface area (Å²) in [4.78, 5) is 0. The molecule has 0 bridgehead atoms. The molecule has 0 aliphatic rings. The van der Waals surface area contributed by atoms with E-state index in [1.807, 2.05) is 6.92 Å². The van der Waals surface area contributed by atoms with Crippen LogP contribution in [-0.2, 0) is 10.1 Å². The van der Waals surface area contributed by atoms with Crippen LogP contribution >= 0.6 is 0 Å². The van der Waals surface area contributed by atoms with Crippen molar-refractivity contribution in [3.63, 3.8) is 0 Å². The Morgan fingerprint density at radius 1 is 0.783 bits per heavy atom. The van der Waals surface area contributed by atoms with Crippen LogP contribution in [0.5, 0.6) is 0 Å². The third-order valence-corrected chi connectivity index (χ3v) is 5.51. The number of aliphatic hydroxyl groups is 1. The van der Waals surface area contributed by atoms with Gasteiger partial charge in [-0.1, -0.05) is 71.6 Å². The van der Waals surface area contributed by atoms with Crippen molar-refractivity contribution in [3.05, 3.63) is 0 Å². The Morgan fingerprint density at radius 2 is 1.26 bits per heavy atom. The fourth-order valence-electron chi connectivity index (χ4n) is 2.81. The molecule has 2 atom stereocenters. The van der Waals surface area contributed by atoms with Crippen molar-refractivity contribution in [2.45, 2.75) is 109 Å². The van der Waals surface area contributed by atoms with Gasteiger partial charge in [0.2, 0.25) is 0 Å². The summed E-state index contributed by atoms with van der Waals surface area (Å²) >= 11 is 0. The summed E-state index contributed by atoms with van der Waals surface area (Å²) in [6, 6.07) is 0. The Labute approximate surface area is 165 Å². The maximum atomic E-state index is 11.1. The Kier molecular flexibility index (Phi) is 18.5. The minimum atomic E-state index is -4.13. The predicted octanol–water partition coefficient (Wildman–Crippen LogP) is 1.38. The van der Waals surface area contributed by atoms with Gasteiger partial charge in [0.1, 0.15) is 0 Å². The molecule has 0 aliphatic heterocycles. The van der Waals surface area contributed by atoms with E-state index in [0.29, 0.717) is 12.8 Å². The molecule has 0 aromatic carbocycles. The average molecular weight is 359 g/mol. The van der Waals surface area contributed by atoms with E-state index >= 15 is 0 Å². The summed E-state index contributed by atoms with van der Waals surface area (Å²) < 4.78 is 33.3. The summed E-state index contributed by atoms with van der Waals surface area (Å²) in [7, 11) is -4.13.